The van der Waals surface area contributed by atoms with Crippen molar-refractivity contribution in [3.05, 3.63) is 47.4 Å². The molecule has 1 spiro atoms. The fourth-order valence-electron chi connectivity index (χ4n) is 3.56. The Morgan fingerprint density at radius 2 is 1.85 bits per heavy atom. The molecular weight excluding hydrogens is 344 g/mol. The second-order valence-corrected chi connectivity index (χ2v) is 7.13. The molecule has 1 aromatic carbocycles. The Balaban J connectivity index is 1.46. The Morgan fingerprint density at radius 3 is 2.59 bits per heavy atom. The van der Waals surface area contributed by atoms with Crippen molar-refractivity contribution in [1.82, 2.24) is 9.97 Å². The molecule has 2 saturated heterocycles. The molecule has 4 rings (SSSR count). The molecule has 142 valence electrons. The maximum absolute atomic E-state index is 12.7. The Morgan fingerprint density at radius 1 is 1.11 bits per heavy atom. The SMILES string of the molecule is Cc1ccc(C)c(NC(=O)c2cc(N3CCC4(CC3)OCCO4)ncn2)c1. The average Bonchev–Trinajstić information content (AvgIpc) is 3.13. The first-order valence-corrected chi connectivity index (χ1v) is 9.28. The fraction of sp³-hybridized carbons (Fsp3) is 0.450. The van der Waals surface area contributed by atoms with Crippen molar-refractivity contribution in [1.29, 1.82) is 0 Å². The number of amides is 1. The Kier molecular flexibility index (Phi) is 4.80. The van der Waals surface area contributed by atoms with E-state index >= 15 is 0 Å². The fourth-order valence-corrected chi connectivity index (χ4v) is 3.56. The van der Waals surface area contributed by atoms with Crippen LogP contribution in [0.15, 0.2) is 30.6 Å². The number of nitrogens with zero attached hydrogens (tertiary/aromatic N) is 3. The molecule has 27 heavy (non-hydrogen) atoms. The molecule has 2 aliphatic rings. The van der Waals surface area contributed by atoms with Gasteiger partial charge in [0.1, 0.15) is 17.8 Å². The quantitative estimate of drug-likeness (QED) is 0.898. The molecule has 2 fully saturated rings. The van der Waals surface area contributed by atoms with E-state index in [1.807, 2.05) is 32.0 Å². The summed E-state index contributed by atoms with van der Waals surface area (Å²) < 4.78 is 11.5. The van der Waals surface area contributed by atoms with Gasteiger partial charge >= 0.3 is 0 Å². The summed E-state index contributed by atoms with van der Waals surface area (Å²) in [6.07, 6.45) is 3.03. The van der Waals surface area contributed by atoms with Gasteiger partial charge in [-0.15, -0.1) is 0 Å². The standard InChI is InChI=1S/C20H24N4O3/c1-14-3-4-15(2)16(11-14)23-19(25)17-12-18(22-13-21-17)24-7-5-20(6-8-24)26-9-10-27-20/h3-4,11-13H,5-10H2,1-2H3,(H,23,25). The molecule has 0 radical (unpaired) electrons. The van der Waals surface area contributed by atoms with Gasteiger partial charge in [0.2, 0.25) is 0 Å². The molecule has 2 aromatic rings. The van der Waals surface area contributed by atoms with Crippen molar-refractivity contribution >= 4 is 17.4 Å². The first-order chi connectivity index (χ1) is 13.0. The lowest BCUT2D eigenvalue weighted by Crippen LogP contribution is -2.45. The molecule has 2 aliphatic heterocycles. The van der Waals surface area contributed by atoms with Gasteiger partial charge < -0.3 is 19.7 Å². The first-order valence-electron chi connectivity index (χ1n) is 9.28. The summed E-state index contributed by atoms with van der Waals surface area (Å²) in [5, 5.41) is 2.95. The molecule has 3 heterocycles. The zero-order chi connectivity index (χ0) is 18.9. The van der Waals surface area contributed by atoms with Crippen molar-refractivity contribution < 1.29 is 14.3 Å². The third-order valence-corrected chi connectivity index (χ3v) is 5.19. The third kappa shape index (κ3) is 3.79. The number of aromatic nitrogens is 2. The highest BCUT2D eigenvalue weighted by Gasteiger charge is 2.40. The summed E-state index contributed by atoms with van der Waals surface area (Å²) in [6.45, 7) is 6.84. The summed E-state index contributed by atoms with van der Waals surface area (Å²) in [4.78, 5) is 23.3. The van der Waals surface area contributed by atoms with Gasteiger partial charge in [-0.3, -0.25) is 4.79 Å². The molecule has 1 amide bonds. The number of carbonyl (C=O) groups excluding carboxylic acids is 1. The molecule has 7 heteroatoms. The maximum Gasteiger partial charge on any atom is 0.274 e. The van der Waals surface area contributed by atoms with E-state index in [0.29, 0.717) is 18.9 Å². The molecule has 1 aromatic heterocycles. The lowest BCUT2D eigenvalue weighted by Gasteiger charge is -2.38. The van der Waals surface area contributed by atoms with Gasteiger partial charge in [-0.25, -0.2) is 9.97 Å². The average molecular weight is 368 g/mol. The number of nitrogens with one attached hydrogen (secondary N) is 1. The maximum atomic E-state index is 12.7. The van der Waals surface area contributed by atoms with Crippen LogP contribution < -0.4 is 10.2 Å². The zero-order valence-corrected chi connectivity index (χ0v) is 15.7. The van der Waals surface area contributed by atoms with Crippen LogP contribution in [0.1, 0.15) is 34.5 Å². The molecule has 0 saturated carbocycles. The normalized spacial score (nSPS) is 18.7. The van der Waals surface area contributed by atoms with E-state index in [9.17, 15) is 4.79 Å². The number of aryl methyl sites for hydroxylation is 2. The van der Waals surface area contributed by atoms with E-state index in [1.54, 1.807) is 6.07 Å². The molecule has 0 bridgehead atoms. The molecular formula is C20H24N4O3. The van der Waals surface area contributed by atoms with Crippen molar-refractivity contribution in [3.8, 4) is 0 Å². The lowest BCUT2D eigenvalue weighted by molar-refractivity contribution is -0.169. The van der Waals surface area contributed by atoms with Crippen LogP contribution in [-0.4, -0.2) is 48.0 Å². The summed E-state index contributed by atoms with van der Waals surface area (Å²) >= 11 is 0. The van der Waals surface area contributed by atoms with Gasteiger partial charge in [-0.1, -0.05) is 12.1 Å². The number of carbonyl (C=O) groups is 1. The van der Waals surface area contributed by atoms with Gasteiger partial charge in [0, 0.05) is 37.7 Å². The predicted octanol–water partition coefficient (Wildman–Crippen LogP) is 2.69. The third-order valence-electron chi connectivity index (χ3n) is 5.19. The number of anilines is 2. The second kappa shape index (κ2) is 7.25. The minimum Gasteiger partial charge on any atom is -0.356 e. The van der Waals surface area contributed by atoms with E-state index in [2.05, 4.69) is 20.2 Å². The first kappa shape index (κ1) is 17.9. The van der Waals surface area contributed by atoms with E-state index in [4.69, 9.17) is 9.47 Å². The van der Waals surface area contributed by atoms with Crippen molar-refractivity contribution in [2.75, 3.05) is 36.5 Å². The predicted molar refractivity (Wildman–Crippen MR) is 102 cm³/mol. The topological polar surface area (TPSA) is 76.6 Å². The van der Waals surface area contributed by atoms with E-state index in [1.165, 1.54) is 6.33 Å². The zero-order valence-electron chi connectivity index (χ0n) is 15.7. The molecule has 7 nitrogen and oxygen atoms in total. The minimum atomic E-state index is -0.424. The van der Waals surface area contributed by atoms with Crippen LogP contribution in [0.3, 0.4) is 0 Å². The van der Waals surface area contributed by atoms with Crippen LogP contribution >= 0.6 is 0 Å². The van der Waals surface area contributed by atoms with Crippen LogP contribution in [0.25, 0.3) is 0 Å². The summed E-state index contributed by atoms with van der Waals surface area (Å²) in [5.74, 6) is 0.0964. The van der Waals surface area contributed by atoms with Crippen molar-refractivity contribution in [2.45, 2.75) is 32.5 Å². The van der Waals surface area contributed by atoms with E-state index in [-0.39, 0.29) is 5.91 Å². The van der Waals surface area contributed by atoms with Crippen LogP contribution in [0.4, 0.5) is 11.5 Å². The van der Waals surface area contributed by atoms with Crippen LogP contribution in [-0.2, 0) is 9.47 Å². The summed E-state index contributed by atoms with van der Waals surface area (Å²) in [5.41, 5.74) is 3.27. The van der Waals surface area contributed by atoms with Crippen LogP contribution in [0.5, 0.6) is 0 Å². The highest BCUT2D eigenvalue weighted by Crippen LogP contribution is 2.32. The van der Waals surface area contributed by atoms with Gasteiger partial charge in [-0.2, -0.15) is 0 Å². The molecule has 0 unspecified atom stereocenters. The lowest BCUT2D eigenvalue weighted by atomic mass is 10.0. The molecule has 0 aliphatic carbocycles. The smallest absolute Gasteiger partial charge is 0.274 e. The molecule has 1 N–H and O–H groups in total. The van der Waals surface area contributed by atoms with Gasteiger partial charge in [0.25, 0.3) is 5.91 Å². The monoisotopic (exact) mass is 368 g/mol. The highest BCUT2D eigenvalue weighted by atomic mass is 16.7. The largest absolute Gasteiger partial charge is 0.356 e. The van der Waals surface area contributed by atoms with E-state index < -0.39 is 5.79 Å². The Labute approximate surface area is 158 Å². The summed E-state index contributed by atoms with van der Waals surface area (Å²) in [7, 11) is 0. The van der Waals surface area contributed by atoms with Gasteiger partial charge in [-0.05, 0) is 31.0 Å². The highest BCUT2D eigenvalue weighted by molar-refractivity contribution is 6.03. The Hall–Kier alpha value is -2.51. The molecule has 0 atom stereocenters. The minimum absolute atomic E-state index is 0.233. The van der Waals surface area contributed by atoms with Crippen molar-refractivity contribution in [3.63, 3.8) is 0 Å². The Bertz CT molecular complexity index is 839. The number of rotatable bonds is 3. The number of hydrogen-bond donors (Lipinski definition) is 1. The van der Waals surface area contributed by atoms with Crippen LogP contribution in [0.2, 0.25) is 0 Å². The van der Waals surface area contributed by atoms with Crippen LogP contribution in [0, 0.1) is 13.8 Å². The summed E-state index contributed by atoms with van der Waals surface area (Å²) in [6, 6.07) is 7.72. The second-order valence-electron chi connectivity index (χ2n) is 7.13. The van der Waals surface area contributed by atoms with Gasteiger partial charge in [0.15, 0.2) is 5.79 Å². The number of hydrogen-bond acceptors (Lipinski definition) is 6. The number of piperidine rings is 1. The number of ether oxygens (including phenoxy) is 2. The van der Waals surface area contributed by atoms with Gasteiger partial charge in [0.05, 0.1) is 13.2 Å². The van der Waals surface area contributed by atoms with E-state index in [0.717, 1.165) is 48.6 Å². The van der Waals surface area contributed by atoms with Crippen molar-refractivity contribution in [2.24, 2.45) is 0 Å². The number of benzene rings is 1.